The van der Waals surface area contributed by atoms with Gasteiger partial charge in [0, 0.05) is 11.1 Å². The molecule has 0 bridgehead atoms. The van der Waals surface area contributed by atoms with Crippen LogP contribution in [0.5, 0.6) is 0 Å². The lowest BCUT2D eigenvalue weighted by Gasteiger charge is -2.28. The number of halogens is 1. The predicted octanol–water partition coefficient (Wildman–Crippen LogP) is 3.74. The summed E-state index contributed by atoms with van der Waals surface area (Å²) < 4.78 is 5.51. The zero-order valence-electron chi connectivity index (χ0n) is 13.6. The van der Waals surface area contributed by atoms with Crippen LogP contribution in [0.2, 0.25) is 5.02 Å². The first-order valence-corrected chi connectivity index (χ1v) is 8.15. The van der Waals surface area contributed by atoms with Crippen molar-refractivity contribution in [3.63, 3.8) is 0 Å². The van der Waals surface area contributed by atoms with Crippen LogP contribution < -0.4 is 5.73 Å². The Morgan fingerprint density at radius 1 is 1.41 bits per heavy atom. The standard InChI is InChI=1S/C17H25ClN2O2/c1-17(2,3)22-16(21)20(14-5-6-14)11-13-10-12(8-9-19)4-7-15(13)18/h4,7,10,14H,5-6,8-9,11,19H2,1-3H3. The van der Waals surface area contributed by atoms with Gasteiger partial charge in [0.1, 0.15) is 5.60 Å². The average molecular weight is 325 g/mol. The first-order chi connectivity index (χ1) is 10.3. The molecule has 22 heavy (non-hydrogen) atoms. The maximum atomic E-state index is 12.4. The Kier molecular flexibility index (Phi) is 5.35. The molecule has 0 aromatic heterocycles. The van der Waals surface area contributed by atoms with Crippen molar-refractivity contribution in [2.75, 3.05) is 6.54 Å². The molecule has 1 saturated carbocycles. The minimum atomic E-state index is -0.491. The third-order valence-corrected chi connectivity index (χ3v) is 3.87. The van der Waals surface area contributed by atoms with Gasteiger partial charge in [-0.3, -0.25) is 0 Å². The Morgan fingerprint density at radius 3 is 2.64 bits per heavy atom. The van der Waals surface area contributed by atoms with Crippen LogP contribution in [-0.4, -0.2) is 29.2 Å². The summed E-state index contributed by atoms with van der Waals surface area (Å²) in [6, 6.07) is 6.16. The lowest BCUT2D eigenvalue weighted by molar-refractivity contribution is 0.0217. The topological polar surface area (TPSA) is 55.6 Å². The SMILES string of the molecule is CC(C)(C)OC(=O)N(Cc1cc(CCN)ccc1Cl)C1CC1. The van der Waals surface area contributed by atoms with Gasteiger partial charge in [-0.1, -0.05) is 23.7 Å². The Balaban J connectivity index is 2.14. The van der Waals surface area contributed by atoms with E-state index < -0.39 is 5.60 Å². The molecule has 0 radical (unpaired) electrons. The van der Waals surface area contributed by atoms with Crippen LogP contribution in [0.3, 0.4) is 0 Å². The fourth-order valence-electron chi connectivity index (χ4n) is 2.30. The lowest BCUT2D eigenvalue weighted by Crippen LogP contribution is -2.37. The molecule has 4 nitrogen and oxygen atoms in total. The predicted molar refractivity (Wildman–Crippen MR) is 89.0 cm³/mol. The molecule has 0 unspecified atom stereocenters. The second-order valence-corrected chi connectivity index (χ2v) is 7.21. The highest BCUT2D eigenvalue weighted by Crippen LogP contribution is 2.31. The summed E-state index contributed by atoms with van der Waals surface area (Å²) in [6.45, 7) is 6.72. The molecule has 2 N–H and O–H groups in total. The van der Waals surface area contributed by atoms with Crippen LogP contribution in [-0.2, 0) is 17.7 Å². The lowest BCUT2D eigenvalue weighted by atomic mass is 10.1. The highest BCUT2D eigenvalue weighted by atomic mass is 35.5. The number of ether oxygens (including phenoxy) is 1. The van der Waals surface area contributed by atoms with Crippen LogP contribution in [0, 0.1) is 0 Å². The van der Waals surface area contributed by atoms with E-state index in [1.807, 2.05) is 39.0 Å². The van der Waals surface area contributed by atoms with Crippen molar-refractivity contribution in [1.82, 2.24) is 4.90 Å². The van der Waals surface area contributed by atoms with Gasteiger partial charge in [0.15, 0.2) is 0 Å². The van der Waals surface area contributed by atoms with E-state index in [1.165, 1.54) is 0 Å². The van der Waals surface area contributed by atoms with Crippen LogP contribution in [0.4, 0.5) is 4.79 Å². The molecule has 0 saturated heterocycles. The maximum Gasteiger partial charge on any atom is 0.410 e. The van der Waals surface area contributed by atoms with Gasteiger partial charge in [-0.05, 0) is 63.8 Å². The van der Waals surface area contributed by atoms with Crippen molar-refractivity contribution in [2.45, 2.75) is 58.2 Å². The van der Waals surface area contributed by atoms with E-state index in [0.29, 0.717) is 18.1 Å². The summed E-state index contributed by atoms with van der Waals surface area (Å²) >= 11 is 6.29. The molecule has 1 aliphatic carbocycles. The summed E-state index contributed by atoms with van der Waals surface area (Å²) in [4.78, 5) is 14.2. The summed E-state index contributed by atoms with van der Waals surface area (Å²) in [5.41, 5.74) is 7.21. The number of carbonyl (C=O) groups excluding carboxylic acids is 1. The highest BCUT2D eigenvalue weighted by molar-refractivity contribution is 6.31. The second-order valence-electron chi connectivity index (χ2n) is 6.80. The summed E-state index contributed by atoms with van der Waals surface area (Å²) in [5, 5.41) is 0.676. The van der Waals surface area contributed by atoms with Crippen LogP contribution in [0.25, 0.3) is 0 Å². The van der Waals surface area contributed by atoms with E-state index in [0.717, 1.165) is 30.4 Å². The molecule has 0 heterocycles. The normalized spacial score (nSPS) is 14.8. The quantitative estimate of drug-likeness (QED) is 0.897. The Labute approximate surface area is 137 Å². The molecule has 122 valence electrons. The summed E-state index contributed by atoms with van der Waals surface area (Å²) in [5.74, 6) is 0. The van der Waals surface area contributed by atoms with Crippen molar-refractivity contribution < 1.29 is 9.53 Å². The molecule has 1 aromatic rings. The molecule has 1 aliphatic rings. The van der Waals surface area contributed by atoms with Gasteiger partial charge in [0.2, 0.25) is 0 Å². The number of benzene rings is 1. The van der Waals surface area contributed by atoms with Crippen molar-refractivity contribution in [1.29, 1.82) is 0 Å². The first-order valence-electron chi connectivity index (χ1n) is 7.77. The summed E-state index contributed by atoms with van der Waals surface area (Å²) in [6.07, 6.45) is 2.59. The molecule has 1 fully saturated rings. The monoisotopic (exact) mass is 324 g/mol. The molecule has 0 spiro atoms. The fraction of sp³-hybridized carbons (Fsp3) is 0.588. The highest BCUT2D eigenvalue weighted by Gasteiger charge is 2.35. The third kappa shape index (κ3) is 4.89. The Morgan fingerprint density at radius 2 is 2.09 bits per heavy atom. The van der Waals surface area contributed by atoms with Crippen molar-refractivity contribution >= 4 is 17.7 Å². The Bertz CT molecular complexity index is 536. The molecule has 0 atom stereocenters. The van der Waals surface area contributed by atoms with Gasteiger partial charge in [-0.25, -0.2) is 4.79 Å². The number of nitrogens with two attached hydrogens (primary N) is 1. The zero-order chi connectivity index (χ0) is 16.3. The number of rotatable bonds is 5. The second kappa shape index (κ2) is 6.88. The van der Waals surface area contributed by atoms with E-state index in [-0.39, 0.29) is 12.1 Å². The van der Waals surface area contributed by atoms with E-state index in [9.17, 15) is 4.79 Å². The third-order valence-electron chi connectivity index (χ3n) is 3.50. The zero-order valence-corrected chi connectivity index (χ0v) is 14.3. The maximum absolute atomic E-state index is 12.4. The first kappa shape index (κ1) is 17.1. The van der Waals surface area contributed by atoms with Crippen LogP contribution in [0.15, 0.2) is 18.2 Å². The molecule has 5 heteroatoms. The molecule has 0 aliphatic heterocycles. The van der Waals surface area contributed by atoms with Gasteiger partial charge < -0.3 is 15.4 Å². The smallest absolute Gasteiger partial charge is 0.410 e. The van der Waals surface area contributed by atoms with E-state index in [4.69, 9.17) is 22.1 Å². The Hall–Kier alpha value is -1.26. The van der Waals surface area contributed by atoms with Gasteiger partial charge in [0.05, 0.1) is 6.54 Å². The number of hydrogen-bond donors (Lipinski definition) is 1. The molecule has 2 rings (SSSR count). The van der Waals surface area contributed by atoms with E-state index in [2.05, 4.69) is 0 Å². The van der Waals surface area contributed by atoms with Gasteiger partial charge >= 0.3 is 6.09 Å². The minimum Gasteiger partial charge on any atom is -0.444 e. The molecule has 1 aromatic carbocycles. The molecule has 1 amide bonds. The van der Waals surface area contributed by atoms with Crippen LogP contribution in [0.1, 0.15) is 44.7 Å². The van der Waals surface area contributed by atoms with E-state index >= 15 is 0 Å². The van der Waals surface area contributed by atoms with Crippen molar-refractivity contribution in [3.8, 4) is 0 Å². The minimum absolute atomic E-state index is 0.268. The number of amides is 1. The van der Waals surface area contributed by atoms with E-state index in [1.54, 1.807) is 4.90 Å². The van der Waals surface area contributed by atoms with Crippen molar-refractivity contribution in [3.05, 3.63) is 34.3 Å². The number of nitrogens with zero attached hydrogens (tertiary/aromatic N) is 1. The van der Waals surface area contributed by atoms with Crippen LogP contribution >= 0.6 is 11.6 Å². The van der Waals surface area contributed by atoms with Gasteiger partial charge in [-0.15, -0.1) is 0 Å². The van der Waals surface area contributed by atoms with Crippen molar-refractivity contribution in [2.24, 2.45) is 5.73 Å². The summed E-state index contributed by atoms with van der Waals surface area (Å²) in [7, 11) is 0. The largest absolute Gasteiger partial charge is 0.444 e. The molecular formula is C17H25ClN2O2. The average Bonchev–Trinajstić information content (AvgIpc) is 3.21. The fourth-order valence-corrected chi connectivity index (χ4v) is 2.48. The van der Waals surface area contributed by atoms with Gasteiger partial charge in [0.25, 0.3) is 0 Å². The van der Waals surface area contributed by atoms with Gasteiger partial charge in [-0.2, -0.15) is 0 Å². The number of carbonyl (C=O) groups is 1. The molecular weight excluding hydrogens is 300 g/mol. The number of hydrogen-bond acceptors (Lipinski definition) is 3.